The van der Waals surface area contributed by atoms with Crippen molar-refractivity contribution in [2.24, 2.45) is 0 Å². The van der Waals surface area contributed by atoms with Gasteiger partial charge in [-0.05, 0) is 25.0 Å². The molecule has 0 saturated carbocycles. The second-order valence-corrected chi connectivity index (χ2v) is 2.11. The van der Waals surface area contributed by atoms with Crippen LogP contribution in [-0.2, 0) is 4.79 Å². The van der Waals surface area contributed by atoms with Crippen molar-refractivity contribution >= 4 is 6.29 Å². The van der Waals surface area contributed by atoms with Crippen molar-refractivity contribution in [3.05, 3.63) is 36.0 Å². The maximum absolute atomic E-state index is 9.98. The summed E-state index contributed by atoms with van der Waals surface area (Å²) < 4.78 is 0. The van der Waals surface area contributed by atoms with Gasteiger partial charge in [-0.2, -0.15) is 0 Å². The smallest absolute Gasteiger partial charge is 0.142 e. The molecule has 0 aromatic heterocycles. The Bertz CT molecular complexity index is 185. The summed E-state index contributed by atoms with van der Waals surface area (Å²) in [6.45, 7) is 4.02. The van der Waals surface area contributed by atoms with Crippen LogP contribution in [0.2, 0.25) is 0 Å². The molecule has 1 nitrogen and oxygen atoms in total. The number of hydrogen-bond acceptors (Lipinski definition) is 1. The van der Waals surface area contributed by atoms with Crippen molar-refractivity contribution in [3.8, 4) is 0 Å². The Balaban J connectivity index is 4.21. The van der Waals surface area contributed by atoms with Crippen molar-refractivity contribution < 1.29 is 4.79 Å². The predicted octanol–water partition coefficient (Wildman–Crippen LogP) is 2.65. The molecular formula is C10H14O. The Labute approximate surface area is 68.1 Å². The zero-order chi connectivity index (χ0) is 8.53. The van der Waals surface area contributed by atoms with E-state index < -0.39 is 0 Å². The zero-order valence-electron chi connectivity index (χ0n) is 7.08. The van der Waals surface area contributed by atoms with Gasteiger partial charge in [-0.3, -0.25) is 4.79 Å². The molecule has 0 atom stereocenters. The molecular weight excluding hydrogens is 136 g/mol. The number of hydrogen-bond donors (Lipinski definition) is 0. The van der Waals surface area contributed by atoms with E-state index in [0.717, 1.165) is 18.3 Å². The lowest BCUT2D eigenvalue weighted by Crippen LogP contribution is -1.71. The molecule has 0 aliphatic heterocycles. The van der Waals surface area contributed by atoms with Gasteiger partial charge in [0.2, 0.25) is 0 Å². The van der Waals surface area contributed by atoms with Crippen molar-refractivity contribution in [2.75, 3.05) is 0 Å². The molecule has 0 radical (unpaired) electrons. The molecule has 0 saturated heterocycles. The SMILES string of the molecule is C\C=C/C(/C=C/C=O)=C\CC. The van der Waals surface area contributed by atoms with E-state index in [9.17, 15) is 4.79 Å². The molecule has 0 aliphatic rings. The highest BCUT2D eigenvalue weighted by Crippen LogP contribution is 2.00. The Morgan fingerprint density at radius 3 is 2.55 bits per heavy atom. The van der Waals surface area contributed by atoms with Gasteiger partial charge in [0.05, 0.1) is 0 Å². The topological polar surface area (TPSA) is 17.1 Å². The maximum atomic E-state index is 9.98. The van der Waals surface area contributed by atoms with Crippen LogP contribution in [0.15, 0.2) is 36.0 Å². The summed E-state index contributed by atoms with van der Waals surface area (Å²) >= 11 is 0. The first-order valence-corrected chi connectivity index (χ1v) is 3.79. The largest absolute Gasteiger partial charge is 0.299 e. The number of allylic oxidation sites excluding steroid dienone is 6. The second kappa shape index (κ2) is 7.00. The van der Waals surface area contributed by atoms with Gasteiger partial charge in [0, 0.05) is 0 Å². The van der Waals surface area contributed by atoms with E-state index in [0.29, 0.717) is 0 Å². The predicted molar refractivity (Wildman–Crippen MR) is 48.4 cm³/mol. The molecule has 0 unspecified atom stereocenters. The minimum Gasteiger partial charge on any atom is -0.299 e. The van der Waals surface area contributed by atoms with Gasteiger partial charge in [0.25, 0.3) is 0 Å². The van der Waals surface area contributed by atoms with Crippen LogP contribution in [0.25, 0.3) is 0 Å². The third kappa shape index (κ3) is 5.34. The number of carbonyl (C=O) groups is 1. The lowest BCUT2D eigenvalue weighted by Gasteiger charge is -1.89. The first kappa shape index (κ1) is 9.89. The molecule has 1 heteroatoms. The van der Waals surface area contributed by atoms with Crippen LogP contribution in [0.3, 0.4) is 0 Å². The van der Waals surface area contributed by atoms with Gasteiger partial charge < -0.3 is 0 Å². The van der Waals surface area contributed by atoms with E-state index in [-0.39, 0.29) is 0 Å². The average molecular weight is 150 g/mol. The van der Waals surface area contributed by atoms with E-state index in [4.69, 9.17) is 0 Å². The van der Waals surface area contributed by atoms with Crippen molar-refractivity contribution in [1.29, 1.82) is 0 Å². The average Bonchev–Trinajstić information content (AvgIpc) is 2.01. The lowest BCUT2D eigenvalue weighted by molar-refractivity contribution is -0.104. The van der Waals surface area contributed by atoms with Crippen LogP contribution in [0, 0.1) is 0 Å². The lowest BCUT2D eigenvalue weighted by atomic mass is 10.2. The summed E-state index contributed by atoms with van der Waals surface area (Å²) in [5.41, 5.74) is 1.09. The van der Waals surface area contributed by atoms with Gasteiger partial charge in [0.15, 0.2) is 0 Å². The third-order valence-electron chi connectivity index (χ3n) is 1.17. The van der Waals surface area contributed by atoms with Crippen molar-refractivity contribution in [2.45, 2.75) is 20.3 Å². The number of rotatable bonds is 4. The Morgan fingerprint density at radius 2 is 2.09 bits per heavy atom. The fourth-order valence-electron chi connectivity index (χ4n) is 0.770. The van der Waals surface area contributed by atoms with E-state index in [2.05, 4.69) is 13.0 Å². The fourth-order valence-corrected chi connectivity index (χ4v) is 0.770. The molecule has 60 valence electrons. The molecule has 0 aromatic rings. The van der Waals surface area contributed by atoms with Crippen molar-refractivity contribution in [3.63, 3.8) is 0 Å². The van der Waals surface area contributed by atoms with Gasteiger partial charge in [-0.1, -0.05) is 31.2 Å². The minimum atomic E-state index is 0.785. The van der Waals surface area contributed by atoms with Crippen LogP contribution < -0.4 is 0 Å². The minimum absolute atomic E-state index is 0.785. The maximum Gasteiger partial charge on any atom is 0.142 e. The molecule has 0 rings (SSSR count). The third-order valence-corrected chi connectivity index (χ3v) is 1.17. The van der Waals surface area contributed by atoms with Crippen LogP contribution in [0.4, 0.5) is 0 Å². The summed E-state index contributed by atoms with van der Waals surface area (Å²) in [6, 6.07) is 0. The van der Waals surface area contributed by atoms with E-state index in [1.165, 1.54) is 6.08 Å². The quantitative estimate of drug-likeness (QED) is 0.342. The monoisotopic (exact) mass is 150 g/mol. The van der Waals surface area contributed by atoms with Crippen molar-refractivity contribution in [1.82, 2.24) is 0 Å². The van der Waals surface area contributed by atoms with Gasteiger partial charge in [-0.15, -0.1) is 0 Å². The van der Waals surface area contributed by atoms with Gasteiger partial charge in [-0.25, -0.2) is 0 Å². The summed E-state index contributed by atoms with van der Waals surface area (Å²) in [5.74, 6) is 0. The van der Waals surface area contributed by atoms with Crippen LogP contribution in [0.1, 0.15) is 20.3 Å². The molecule has 0 N–H and O–H groups in total. The standard InChI is InChI=1S/C10H14O/c1-3-6-10(7-4-2)8-5-9-11/h3,5-9H,4H2,1-2H3/b6-3-,8-5+,10-7+. The van der Waals surface area contributed by atoms with Crippen LogP contribution in [0.5, 0.6) is 0 Å². The second-order valence-electron chi connectivity index (χ2n) is 2.11. The summed E-state index contributed by atoms with van der Waals surface area (Å²) in [4.78, 5) is 9.98. The summed E-state index contributed by atoms with van der Waals surface area (Å²) in [7, 11) is 0. The first-order valence-electron chi connectivity index (χ1n) is 3.79. The van der Waals surface area contributed by atoms with Gasteiger partial charge >= 0.3 is 0 Å². The fraction of sp³-hybridized carbons (Fsp3) is 0.300. The zero-order valence-corrected chi connectivity index (χ0v) is 7.08. The molecule has 0 heterocycles. The molecule has 0 amide bonds. The van der Waals surface area contributed by atoms with Crippen LogP contribution in [-0.4, -0.2) is 6.29 Å². The van der Waals surface area contributed by atoms with Gasteiger partial charge in [0.1, 0.15) is 6.29 Å². The Kier molecular flexibility index (Phi) is 6.30. The Morgan fingerprint density at radius 1 is 1.36 bits per heavy atom. The molecule has 0 aromatic carbocycles. The molecule has 0 aliphatic carbocycles. The highest BCUT2D eigenvalue weighted by molar-refractivity contribution is 5.66. The van der Waals surface area contributed by atoms with E-state index in [1.807, 2.05) is 19.1 Å². The molecule has 0 bridgehead atoms. The van der Waals surface area contributed by atoms with Crippen LogP contribution >= 0.6 is 0 Å². The summed E-state index contributed by atoms with van der Waals surface area (Å²) in [5, 5.41) is 0. The molecule has 11 heavy (non-hydrogen) atoms. The van der Waals surface area contributed by atoms with E-state index in [1.54, 1.807) is 6.08 Å². The normalized spacial score (nSPS) is 13.1. The highest BCUT2D eigenvalue weighted by Gasteiger charge is 1.81. The Hall–Kier alpha value is -1.11. The number of carbonyl (C=O) groups excluding carboxylic acids is 1. The van der Waals surface area contributed by atoms with E-state index >= 15 is 0 Å². The molecule has 0 spiro atoms. The highest BCUT2D eigenvalue weighted by atomic mass is 16.1. The molecule has 0 fully saturated rings. The summed E-state index contributed by atoms with van der Waals surface area (Å²) in [6.07, 6.45) is 11.1. The number of aldehydes is 1. The first-order chi connectivity index (χ1) is 5.35.